The third kappa shape index (κ3) is 2.24. The minimum absolute atomic E-state index is 0.0179. The summed E-state index contributed by atoms with van der Waals surface area (Å²) in [6.45, 7) is 1.48. The molecule has 1 aromatic carbocycles. The quantitative estimate of drug-likeness (QED) is 0.824. The zero-order valence-electron chi connectivity index (χ0n) is 9.04. The second-order valence-corrected chi connectivity index (χ2v) is 4.22. The topological polar surface area (TPSA) is 49.4 Å². The van der Waals surface area contributed by atoms with E-state index in [0.717, 1.165) is 6.07 Å². The van der Waals surface area contributed by atoms with Crippen LogP contribution in [0.25, 0.3) is 0 Å². The van der Waals surface area contributed by atoms with Crippen molar-refractivity contribution in [2.45, 2.75) is 13.0 Å². The van der Waals surface area contributed by atoms with Crippen LogP contribution >= 0.6 is 11.6 Å². The average Bonchev–Trinajstić information content (AvgIpc) is 2.27. The number of halogens is 2. The lowest BCUT2D eigenvalue weighted by molar-refractivity contribution is -0.130. The van der Waals surface area contributed by atoms with Gasteiger partial charge in [-0.15, -0.1) is 0 Å². The Balaban J connectivity index is 2.34. The third-order valence-electron chi connectivity index (χ3n) is 2.53. The van der Waals surface area contributed by atoms with Crippen LogP contribution in [-0.2, 0) is 9.59 Å². The molecule has 0 saturated carbocycles. The number of hydrogen-bond donors (Lipinski definition) is 1. The van der Waals surface area contributed by atoms with Crippen molar-refractivity contribution in [2.75, 3.05) is 11.4 Å². The maximum Gasteiger partial charge on any atom is 0.249 e. The van der Waals surface area contributed by atoms with Gasteiger partial charge in [0.05, 0.1) is 5.02 Å². The summed E-state index contributed by atoms with van der Waals surface area (Å²) >= 11 is 5.56. The predicted octanol–water partition coefficient (Wildman–Crippen LogP) is 1.33. The van der Waals surface area contributed by atoms with Gasteiger partial charge in [-0.2, -0.15) is 0 Å². The summed E-state index contributed by atoms with van der Waals surface area (Å²) in [7, 11) is 0. The molecule has 0 spiro atoms. The van der Waals surface area contributed by atoms with Crippen LogP contribution in [-0.4, -0.2) is 24.4 Å². The normalized spacial score (nSPS) is 20.4. The van der Waals surface area contributed by atoms with E-state index >= 15 is 0 Å². The van der Waals surface area contributed by atoms with Crippen LogP contribution in [0.15, 0.2) is 18.2 Å². The van der Waals surface area contributed by atoms with E-state index in [0.29, 0.717) is 5.69 Å². The molecule has 1 unspecified atom stereocenters. The minimum Gasteiger partial charge on any atom is -0.343 e. The van der Waals surface area contributed by atoms with Gasteiger partial charge in [0.15, 0.2) is 0 Å². The molecule has 0 aromatic heterocycles. The van der Waals surface area contributed by atoms with Gasteiger partial charge in [-0.05, 0) is 25.1 Å². The van der Waals surface area contributed by atoms with E-state index in [1.54, 1.807) is 6.92 Å². The molecular formula is C11H10ClFN2O2. The smallest absolute Gasteiger partial charge is 0.249 e. The highest BCUT2D eigenvalue weighted by Gasteiger charge is 2.30. The van der Waals surface area contributed by atoms with E-state index in [2.05, 4.69) is 5.32 Å². The summed E-state index contributed by atoms with van der Waals surface area (Å²) in [4.78, 5) is 24.4. The number of anilines is 1. The monoisotopic (exact) mass is 256 g/mol. The molecule has 1 aromatic rings. The number of rotatable bonds is 1. The first-order chi connectivity index (χ1) is 7.99. The predicted molar refractivity (Wildman–Crippen MR) is 61.4 cm³/mol. The van der Waals surface area contributed by atoms with Crippen LogP contribution in [0, 0.1) is 5.82 Å². The highest BCUT2D eigenvalue weighted by atomic mass is 35.5. The van der Waals surface area contributed by atoms with E-state index in [-0.39, 0.29) is 23.4 Å². The lowest BCUT2D eigenvalue weighted by Crippen LogP contribution is -2.57. The summed E-state index contributed by atoms with van der Waals surface area (Å²) in [5, 5.41) is 2.49. The van der Waals surface area contributed by atoms with Crippen molar-refractivity contribution in [1.82, 2.24) is 5.32 Å². The Morgan fingerprint density at radius 3 is 2.82 bits per heavy atom. The second kappa shape index (κ2) is 4.33. The molecule has 90 valence electrons. The van der Waals surface area contributed by atoms with Crippen LogP contribution in [0.4, 0.5) is 10.1 Å². The Hall–Kier alpha value is -1.62. The van der Waals surface area contributed by atoms with Gasteiger partial charge in [0.25, 0.3) is 0 Å². The molecule has 0 aliphatic carbocycles. The zero-order chi connectivity index (χ0) is 12.6. The molecule has 0 radical (unpaired) electrons. The highest BCUT2D eigenvalue weighted by molar-refractivity contribution is 6.30. The van der Waals surface area contributed by atoms with E-state index in [1.807, 2.05) is 0 Å². The SMILES string of the molecule is CC1NC(=O)CN(c2ccc(Cl)c(F)c2)C1=O. The average molecular weight is 257 g/mol. The molecule has 1 saturated heterocycles. The maximum atomic E-state index is 13.3. The lowest BCUT2D eigenvalue weighted by Gasteiger charge is -2.30. The summed E-state index contributed by atoms with van der Waals surface area (Å²) in [6, 6.07) is 3.41. The zero-order valence-corrected chi connectivity index (χ0v) is 9.79. The Morgan fingerprint density at radius 2 is 2.18 bits per heavy atom. The molecule has 1 aliphatic rings. The van der Waals surface area contributed by atoms with Crippen LogP contribution in [0.1, 0.15) is 6.92 Å². The molecule has 1 N–H and O–H groups in total. The van der Waals surface area contributed by atoms with Crippen LogP contribution in [0.3, 0.4) is 0 Å². The summed E-state index contributed by atoms with van der Waals surface area (Å²) in [5.41, 5.74) is 0.332. The standard InChI is InChI=1S/C11H10ClFN2O2/c1-6-11(17)15(5-10(16)14-6)7-2-3-8(12)9(13)4-7/h2-4,6H,5H2,1H3,(H,14,16). The van der Waals surface area contributed by atoms with Crippen molar-refractivity contribution >= 4 is 29.1 Å². The van der Waals surface area contributed by atoms with E-state index < -0.39 is 11.9 Å². The number of benzene rings is 1. The van der Waals surface area contributed by atoms with Crippen molar-refractivity contribution in [2.24, 2.45) is 0 Å². The molecule has 2 rings (SSSR count). The van der Waals surface area contributed by atoms with Gasteiger partial charge >= 0.3 is 0 Å². The van der Waals surface area contributed by atoms with Crippen molar-refractivity contribution < 1.29 is 14.0 Å². The molecule has 4 nitrogen and oxygen atoms in total. The van der Waals surface area contributed by atoms with Crippen LogP contribution in [0.5, 0.6) is 0 Å². The summed E-state index contributed by atoms with van der Waals surface area (Å²) < 4.78 is 13.3. The Kier molecular flexibility index (Phi) is 3.02. The van der Waals surface area contributed by atoms with Gasteiger partial charge < -0.3 is 10.2 Å². The van der Waals surface area contributed by atoms with E-state index in [1.165, 1.54) is 17.0 Å². The Bertz CT molecular complexity index is 492. The lowest BCUT2D eigenvalue weighted by atomic mass is 10.2. The van der Waals surface area contributed by atoms with Crippen molar-refractivity contribution in [3.63, 3.8) is 0 Å². The van der Waals surface area contributed by atoms with Gasteiger partial charge in [0.2, 0.25) is 11.8 Å². The number of piperazine rings is 1. The third-order valence-corrected chi connectivity index (χ3v) is 2.84. The summed E-state index contributed by atoms with van der Waals surface area (Å²) in [5.74, 6) is -1.16. The van der Waals surface area contributed by atoms with Gasteiger partial charge in [0, 0.05) is 5.69 Å². The number of carbonyl (C=O) groups excluding carboxylic acids is 2. The molecule has 2 amide bonds. The van der Waals surface area contributed by atoms with Crippen molar-refractivity contribution in [1.29, 1.82) is 0 Å². The fourth-order valence-corrected chi connectivity index (χ4v) is 1.79. The highest BCUT2D eigenvalue weighted by Crippen LogP contribution is 2.23. The van der Waals surface area contributed by atoms with Gasteiger partial charge in [-0.25, -0.2) is 4.39 Å². The van der Waals surface area contributed by atoms with Crippen molar-refractivity contribution in [3.05, 3.63) is 29.0 Å². The first-order valence-corrected chi connectivity index (χ1v) is 5.42. The largest absolute Gasteiger partial charge is 0.343 e. The van der Waals surface area contributed by atoms with Crippen LogP contribution < -0.4 is 10.2 Å². The van der Waals surface area contributed by atoms with Gasteiger partial charge in [-0.1, -0.05) is 11.6 Å². The number of amides is 2. The summed E-state index contributed by atoms with van der Waals surface area (Å²) in [6.07, 6.45) is 0. The second-order valence-electron chi connectivity index (χ2n) is 3.81. The van der Waals surface area contributed by atoms with E-state index in [4.69, 9.17) is 11.6 Å². The fourth-order valence-electron chi connectivity index (χ4n) is 1.68. The minimum atomic E-state index is -0.615. The molecule has 1 fully saturated rings. The maximum absolute atomic E-state index is 13.3. The molecule has 1 atom stereocenters. The van der Waals surface area contributed by atoms with Gasteiger partial charge in [0.1, 0.15) is 18.4 Å². The molecule has 17 heavy (non-hydrogen) atoms. The van der Waals surface area contributed by atoms with E-state index in [9.17, 15) is 14.0 Å². The molecular weight excluding hydrogens is 247 g/mol. The molecule has 6 heteroatoms. The van der Waals surface area contributed by atoms with Crippen LogP contribution in [0.2, 0.25) is 5.02 Å². The fraction of sp³-hybridized carbons (Fsp3) is 0.273. The number of nitrogens with zero attached hydrogens (tertiary/aromatic N) is 1. The first-order valence-electron chi connectivity index (χ1n) is 5.05. The number of carbonyl (C=O) groups is 2. The molecule has 0 bridgehead atoms. The number of nitrogens with one attached hydrogen (secondary N) is 1. The number of hydrogen-bond acceptors (Lipinski definition) is 2. The Morgan fingerprint density at radius 1 is 1.47 bits per heavy atom. The Labute approximate surface area is 102 Å². The molecule has 1 heterocycles. The van der Waals surface area contributed by atoms with Crippen molar-refractivity contribution in [3.8, 4) is 0 Å². The van der Waals surface area contributed by atoms with Gasteiger partial charge in [-0.3, -0.25) is 9.59 Å². The molecule has 1 aliphatic heterocycles. The first kappa shape index (κ1) is 11.9.